The minimum absolute atomic E-state index is 0.0811. The lowest BCUT2D eigenvalue weighted by Gasteiger charge is -2.37. The number of aromatic amines is 1. The average molecular weight is 472 g/mol. The molecule has 0 atom stereocenters. The van der Waals surface area contributed by atoms with Crippen molar-refractivity contribution in [2.45, 2.75) is 13.8 Å². The molecule has 4 rings (SSSR count). The van der Waals surface area contributed by atoms with Crippen LogP contribution in [0.3, 0.4) is 0 Å². The number of carbonyl (C=O) groups is 1. The molecule has 8 heteroatoms. The number of hydrogen-bond acceptors (Lipinski definition) is 4. The number of rotatable bonds is 6. The Morgan fingerprint density at radius 1 is 1.03 bits per heavy atom. The Morgan fingerprint density at radius 2 is 1.75 bits per heavy atom. The van der Waals surface area contributed by atoms with E-state index >= 15 is 0 Å². The Hall–Kier alpha value is -2.54. The highest BCUT2D eigenvalue weighted by molar-refractivity contribution is 6.43. The molecule has 0 unspecified atom stereocenters. The summed E-state index contributed by atoms with van der Waals surface area (Å²) >= 11 is 12.6. The van der Waals surface area contributed by atoms with E-state index in [1.807, 2.05) is 61.2 Å². The number of amides is 1. The topological polar surface area (TPSA) is 55.5 Å². The zero-order valence-corrected chi connectivity index (χ0v) is 19.8. The summed E-state index contributed by atoms with van der Waals surface area (Å²) in [6.07, 6.45) is 0. The van der Waals surface area contributed by atoms with E-state index in [1.165, 1.54) is 0 Å². The Kier molecular flexibility index (Phi) is 7.04. The molecule has 0 saturated carbocycles. The molecule has 168 valence electrons. The number of hydrogen-bond donors (Lipinski definition) is 1. The molecule has 1 aromatic heterocycles. The Balaban J connectivity index is 1.42. The van der Waals surface area contributed by atoms with Crippen molar-refractivity contribution in [3.63, 3.8) is 0 Å². The fraction of sp³-hybridized carbons (Fsp3) is 0.333. The molecule has 1 aliphatic rings. The lowest BCUT2D eigenvalue weighted by atomic mass is 10.2. The molecule has 0 aliphatic carbocycles. The van der Waals surface area contributed by atoms with Gasteiger partial charge in [-0.1, -0.05) is 47.5 Å². The number of aryl methyl sites for hydroxylation is 2. The second kappa shape index (κ2) is 9.94. The molecule has 1 saturated heterocycles. The summed E-state index contributed by atoms with van der Waals surface area (Å²) in [4.78, 5) is 27.4. The largest absolute Gasteiger partial charge is 0.368 e. The average Bonchev–Trinajstić information content (AvgIpc) is 3.15. The second-order valence-electron chi connectivity index (χ2n) is 7.99. The predicted molar refractivity (Wildman–Crippen MR) is 131 cm³/mol. The lowest BCUT2D eigenvalue weighted by molar-refractivity contribution is 0.0978. The van der Waals surface area contributed by atoms with Gasteiger partial charge in [0, 0.05) is 50.6 Å². The van der Waals surface area contributed by atoms with Crippen LogP contribution in [0.4, 0.5) is 11.4 Å². The van der Waals surface area contributed by atoms with Crippen LogP contribution in [0.25, 0.3) is 0 Å². The molecule has 1 amide bonds. The van der Waals surface area contributed by atoms with Gasteiger partial charge >= 0.3 is 0 Å². The summed E-state index contributed by atoms with van der Waals surface area (Å²) in [6, 6.07) is 15.5. The first-order valence-corrected chi connectivity index (χ1v) is 11.5. The number of benzene rings is 2. The number of nitrogens with zero attached hydrogens (tertiary/aromatic N) is 4. The van der Waals surface area contributed by atoms with Crippen molar-refractivity contribution in [2.75, 3.05) is 49.1 Å². The maximum atomic E-state index is 13.3. The van der Waals surface area contributed by atoms with E-state index in [9.17, 15) is 4.79 Å². The highest BCUT2D eigenvalue weighted by Gasteiger charge is 2.25. The maximum Gasteiger partial charge on any atom is 0.278 e. The first-order chi connectivity index (χ1) is 15.4. The van der Waals surface area contributed by atoms with Crippen LogP contribution in [0, 0.1) is 13.8 Å². The van der Waals surface area contributed by atoms with Crippen LogP contribution >= 0.6 is 23.2 Å². The van der Waals surface area contributed by atoms with Crippen molar-refractivity contribution in [1.29, 1.82) is 0 Å². The van der Waals surface area contributed by atoms with E-state index in [0.29, 0.717) is 22.3 Å². The van der Waals surface area contributed by atoms with Gasteiger partial charge in [-0.3, -0.25) is 9.69 Å². The summed E-state index contributed by atoms with van der Waals surface area (Å²) in [5.41, 5.74) is 3.12. The number of anilines is 2. The Morgan fingerprint density at radius 3 is 2.41 bits per heavy atom. The fourth-order valence-electron chi connectivity index (χ4n) is 4.09. The van der Waals surface area contributed by atoms with Crippen LogP contribution in [0.2, 0.25) is 10.0 Å². The van der Waals surface area contributed by atoms with E-state index in [1.54, 1.807) is 6.07 Å². The molecule has 1 N–H and O–H groups in total. The Labute approximate surface area is 198 Å². The molecule has 6 nitrogen and oxygen atoms in total. The van der Waals surface area contributed by atoms with Crippen molar-refractivity contribution in [3.8, 4) is 0 Å². The fourth-order valence-corrected chi connectivity index (χ4v) is 4.51. The van der Waals surface area contributed by atoms with Gasteiger partial charge in [0.2, 0.25) is 0 Å². The first-order valence-electron chi connectivity index (χ1n) is 10.8. The van der Waals surface area contributed by atoms with Crippen LogP contribution in [-0.4, -0.2) is 60.0 Å². The quantitative estimate of drug-likeness (QED) is 0.560. The number of para-hydroxylation sites is 1. The van der Waals surface area contributed by atoms with Gasteiger partial charge < -0.3 is 14.8 Å². The third-order valence-corrected chi connectivity index (χ3v) is 6.61. The van der Waals surface area contributed by atoms with E-state index in [4.69, 9.17) is 23.2 Å². The zero-order chi connectivity index (χ0) is 22.7. The van der Waals surface area contributed by atoms with Gasteiger partial charge in [-0.15, -0.1) is 0 Å². The maximum absolute atomic E-state index is 13.3. The summed E-state index contributed by atoms with van der Waals surface area (Å²) in [6.45, 7) is 8.61. The summed E-state index contributed by atoms with van der Waals surface area (Å²) in [7, 11) is 0. The SMILES string of the molecule is Cc1nc(C(=O)N(CCN2CCN(c3cccc(Cl)c3Cl)CC2)c2ccccc2)c(C)[nH]1. The Bertz CT molecular complexity index is 1080. The minimum Gasteiger partial charge on any atom is -0.368 e. The number of H-pyrrole nitrogens is 1. The van der Waals surface area contributed by atoms with Gasteiger partial charge in [0.1, 0.15) is 11.5 Å². The number of nitrogens with one attached hydrogen (secondary N) is 1. The second-order valence-corrected chi connectivity index (χ2v) is 8.77. The smallest absolute Gasteiger partial charge is 0.278 e. The normalized spacial score (nSPS) is 14.6. The molecule has 0 bridgehead atoms. The van der Waals surface area contributed by atoms with Crippen LogP contribution in [-0.2, 0) is 0 Å². The van der Waals surface area contributed by atoms with Gasteiger partial charge in [-0.25, -0.2) is 4.98 Å². The summed E-state index contributed by atoms with van der Waals surface area (Å²) in [5.74, 6) is 0.664. The van der Waals surface area contributed by atoms with Gasteiger partial charge in [0.15, 0.2) is 0 Å². The van der Waals surface area contributed by atoms with Gasteiger partial charge in [0.05, 0.1) is 15.7 Å². The molecule has 1 aliphatic heterocycles. The molecular formula is C24H27Cl2N5O. The standard InChI is InChI=1S/C24H27Cl2N5O/c1-17-23(28-18(2)27-17)24(32)31(19-7-4-3-5-8-19)16-13-29-11-14-30(15-12-29)21-10-6-9-20(25)22(21)26/h3-10H,11-16H2,1-2H3,(H,27,28). The van der Waals surface area contributed by atoms with Crippen molar-refractivity contribution in [2.24, 2.45) is 0 Å². The first kappa shape index (κ1) is 22.6. The van der Waals surface area contributed by atoms with Gasteiger partial charge in [-0.05, 0) is 38.1 Å². The molecular weight excluding hydrogens is 445 g/mol. The molecule has 1 fully saturated rings. The van der Waals surface area contributed by atoms with E-state index in [-0.39, 0.29) is 5.91 Å². The highest BCUT2D eigenvalue weighted by atomic mass is 35.5. The van der Waals surface area contributed by atoms with Gasteiger partial charge in [-0.2, -0.15) is 0 Å². The van der Waals surface area contributed by atoms with Crippen molar-refractivity contribution in [1.82, 2.24) is 14.9 Å². The highest BCUT2D eigenvalue weighted by Crippen LogP contribution is 2.32. The summed E-state index contributed by atoms with van der Waals surface area (Å²) in [5, 5.41) is 1.18. The monoisotopic (exact) mass is 471 g/mol. The van der Waals surface area contributed by atoms with Crippen molar-refractivity contribution < 1.29 is 4.79 Å². The minimum atomic E-state index is -0.0811. The van der Waals surface area contributed by atoms with Crippen LogP contribution in [0.5, 0.6) is 0 Å². The van der Waals surface area contributed by atoms with Crippen LogP contribution < -0.4 is 9.80 Å². The molecule has 0 radical (unpaired) electrons. The van der Waals surface area contributed by atoms with E-state index in [0.717, 1.165) is 55.6 Å². The molecule has 32 heavy (non-hydrogen) atoms. The van der Waals surface area contributed by atoms with E-state index < -0.39 is 0 Å². The molecule has 3 aromatic rings. The number of carbonyl (C=O) groups excluding carboxylic acids is 1. The van der Waals surface area contributed by atoms with Crippen molar-refractivity contribution >= 4 is 40.5 Å². The zero-order valence-electron chi connectivity index (χ0n) is 18.3. The third kappa shape index (κ3) is 4.93. The van der Waals surface area contributed by atoms with Crippen molar-refractivity contribution in [3.05, 3.63) is 75.8 Å². The third-order valence-electron chi connectivity index (χ3n) is 5.80. The number of halogens is 2. The number of aromatic nitrogens is 2. The lowest BCUT2D eigenvalue weighted by Crippen LogP contribution is -2.49. The predicted octanol–water partition coefficient (Wildman–Crippen LogP) is 4.80. The molecule has 0 spiro atoms. The number of imidazole rings is 1. The molecule has 2 heterocycles. The summed E-state index contributed by atoms with van der Waals surface area (Å²) < 4.78 is 0. The van der Waals surface area contributed by atoms with E-state index in [2.05, 4.69) is 19.8 Å². The van der Waals surface area contributed by atoms with Gasteiger partial charge in [0.25, 0.3) is 5.91 Å². The van der Waals surface area contributed by atoms with Crippen LogP contribution in [0.1, 0.15) is 22.0 Å². The van der Waals surface area contributed by atoms with Crippen LogP contribution in [0.15, 0.2) is 48.5 Å². The molecule has 2 aromatic carbocycles. The number of piperazine rings is 1.